The molecule has 1 aliphatic heterocycles. The number of piperidine rings is 1. The molecule has 0 saturated carbocycles. The summed E-state index contributed by atoms with van der Waals surface area (Å²) < 4.78 is 5.08. The van der Waals surface area contributed by atoms with Crippen LogP contribution < -0.4 is 0 Å². The molecule has 3 heterocycles. The summed E-state index contributed by atoms with van der Waals surface area (Å²) in [4.78, 5) is 23.3. The maximum absolute atomic E-state index is 12.5. The Balaban J connectivity index is 1.26. The summed E-state index contributed by atoms with van der Waals surface area (Å²) in [6.45, 7) is 3.33. The SMILES string of the molecule is Cc1noc(CCC(=O)N2CCC(c3ccc(Cc4ccccc4)cn3)CC2)n1. The van der Waals surface area contributed by atoms with Crippen LogP contribution in [-0.4, -0.2) is 39.0 Å². The van der Waals surface area contributed by atoms with Gasteiger partial charge in [0.2, 0.25) is 11.8 Å². The summed E-state index contributed by atoms with van der Waals surface area (Å²) in [7, 11) is 0. The van der Waals surface area contributed by atoms with Crippen molar-refractivity contribution in [3.63, 3.8) is 0 Å². The summed E-state index contributed by atoms with van der Waals surface area (Å²) >= 11 is 0. The molecule has 0 radical (unpaired) electrons. The predicted molar refractivity (Wildman–Crippen MR) is 109 cm³/mol. The number of rotatable bonds is 6. The lowest BCUT2D eigenvalue weighted by Crippen LogP contribution is -2.38. The fourth-order valence-corrected chi connectivity index (χ4v) is 3.85. The molecule has 0 N–H and O–H groups in total. The highest BCUT2D eigenvalue weighted by Crippen LogP contribution is 2.27. The second-order valence-corrected chi connectivity index (χ2v) is 7.64. The molecule has 1 saturated heterocycles. The van der Waals surface area contributed by atoms with Gasteiger partial charge in [-0.15, -0.1) is 0 Å². The van der Waals surface area contributed by atoms with E-state index in [4.69, 9.17) is 9.51 Å². The number of hydrogen-bond donors (Lipinski definition) is 0. The van der Waals surface area contributed by atoms with Crippen LogP contribution in [0, 0.1) is 6.92 Å². The standard InChI is InChI=1S/C23H26N4O2/c1-17-25-22(29-26-17)9-10-23(28)27-13-11-20(12-14-27)21-8-7-19(16-24-21)15-18-5-3-2-4-6-18/h2-8,16,20H,9-15H2,1H3. The van der Waals surface area contributed by atoms with E-state index in [-0.39, 0.29) is 5.91 Å². The molecule has 0 unspecified atom stereocenters. The van der Waals surface area contributed by atoms with E-state index in [0.717, 1.165) is 38.0 Å². The van der Waals surface area contributed by atoms with Gasteiger partial charge in [0, 0.05) is 43.7 Å². The monoisotopic (exact) mass is 390 g/mol. The molecule has 1 aromatic carbocycles. The van der Waals surface area contributed by atoms with Crippen LogP contribution in [0.15, 0.2) is 53.2 Å². The van der Waals surface area contributed by atoms with Crippen molar-refractivity contribution in [1.29, 1.82) is 0 Å². The minimum Gasteiger partial charge on any atom is -0.343 e. The summed E-state index contributed by atoms with van der Waals surface area (Å²) in [6, 6.07) is 14.8. The molecule has 6 nitrogen and oxygen atoms in total. The zero-order valence-electron chi connectivity index (χ0n) is 16.8. The van der Waals surface area contributed by atoms with Crippen LogP contribution in [0.3, 0.4) is 0 Å². The first-order chi connectivity index (χ1) is 14.2. The topological polar surface area (TPSA) is 72.1 Å². The van der Waals surface area contributed by atoms with Crippen molar-refractivity contribution < 1.29 is 9.32 Å². The van der Waals surface area contributed by atoms with E-state index < -0.39 is 0 Å². The Morgan fingerprint density at radius 2 is 1.90 bits per heavy atom. The average Bonchev–Trinajstić information content (AvgIpc) is 3.19. The van der Waals surface area contributed by atoms with Crippen LogP contribution in [0.25, 0.3) is 0 Å². The average molecular weight is 390 g/mol. The molecule has 29 heavy (non-hydrogen) atoms. The van der Waals surface area contributed by atoms with Crippen molar-refractivity contribution in [2.45, 2.75) is 44.9 Å². The van der Waals surface area contributed by atoms with Crippen molar-refractivity contribution in [3.05, 3.63) is 77.2 Å². The van der Waals surface area contributed by atoms with Crippen molar-refractivity contribution in [2.75, 3.05) is 13.1 Å². The number of carbonyl (C=O) groups excluding carboxylic acids is 1. The third-order valence-electron chi connectivity index (χ3n) is 5.49. The van der Waals surface area contributed by atoms with Crippen LogP contribution in [0.5, 0.6) is 0 Å². The third kappa shape index (κ3) is 5.08. The number of aryl methyl sites for hydroxylation is 2. The number of pyridine rings is 1. The van der Waals surface area contributed by atoms with E-state index >= 15 is 0 Å². The van der Waals surface area contributed by atoms with Crippen LogP contribution in [0.1, 0.15) is 53.7 Å². The van der Waals surface area contributed by atoms with Crippen LogP contribution in [-0.2, 0) is 17.6 Å². The Morgan fingerprint density at radius 1 is 1.10 bits per heavy atom. The van der Waals surface area contributed by atoms with E-state index in [1.807, 2.05) is 17.2 Å². The lowest BCUT2D eigenvalue weighted by molar-refractivity contribution is -0.132. The Morgan fingerprint density at radius 3 is 2.55 bits per heavy atom. The van der Waals surface area contributed by atoms with Crippen LogP contribution in [0.4, 0.5) is 0 Å². The molecule has 0 bridgehead atoms. The number of nitrogens with zero attached hydrogens (tertiary/aromatic N) is 4. The Bertz CT molecular complexity index is 929. The van der Waals surface area contributed by atoms with E-state index in [9.17, 15) is 4.79 Å². The van der Waals surface area contributed by atoms with Gasteiger partial charge in [-0.25, -0.2) is 0 Å². The molecule has 150 valence electrons. The van der Waals surface area contributed by atoms with Gasteiger partial charge < -0.3 is 9.42 Å². The molecule has 1 amide bonds. The van der Waals surface area contributed by atoms with Gasteiger partial charge >= 0.3 is 0 Å². The minimum atomic E-state index is 0.158. The lowest BCUT2D eigenvalue weighted by Gasteiger charge is -2.31. The van der Waals surface area contributed by atoms with Gasteiger partial charge in [0.25, 0.3) is 0 Å². The lowest BCUT2D eigenvalue weighted by atomic mass is 9.92. The smallest absolute Gasteiger partial charge is 0.227 e. The highest BCUT2D eigenvalue weighted by molar-refractivity contribution is 5.76. The quantitative estimate of drug-likeness (QED) is 0.642. The third-order valence-corrected chi connectivity index (χ3v) is 5.49. The van der Waals surface area contributed by atoms with Crippen molar-refractivity contribution in [3.8, 4) is 0 Å². The van der Waals surface area contributed by atoms with Gasteiger partial charge in [-0.2, -0.15) is 4.98 Å². The summed E-state index contributed by atoms with van der Waals surface area (Å²) in [5.41, 5.74) is 3.66. The first-order valence-corrected chi connectivity index (χ1v) is 10.2. The maximum Gasteiger partial charge on any atom is 0.227 e. The van der Waals surface area contributed by atoms with Crippen LogP contribution in [0.2, 0.25) is 0 Å². The Labute approximate surface area is 171 Å². The molecule has 1 fully saturated rings. The Kier molecular flexibility index (Phi) is 5.98. The molecule has 0 spiro atoms. The van der Waals surface area contributed by atoms with Gasteiger partial charge in [0.15, 0.2) is 5.82 Å². The fraction of sp³-hybridized carbons (Fsp3) is 0.391. The van der Waals surface area contributed by atoms with Gasteiger partial charge in [0.05, 0.1) is 0 Å². The van der Waals surface area contributed by atoms with Crippen molar-refractivity contribution >= 4 is 5.91 Å². The number of amides is 1. The van der Waals surface area contributed by atoms with E-state index in [2.05, 4.69) is 46.5 Å². The molecular formula is C23H26N4O2. The molecule has 3 aromatic rings. The van der Waals surface area contributed by atoms with Crippen LogP contribution >= 0.6 is 0 Å². The number of benzene rings is 1. The second kappa shape index (κ2) is 8.99. The maximum atomic E-state index is 12.5. The van der Waals surface area contributed by atoms with E-state index in [0.29, 0.717) is 30.5 Å². The molecular weight excluding hydrogens is 364 g/mol. The summed E-state index contributed by atoms with van der Waals surface area (Å²) in [6.07, 6.45) is 5.72. The first-order valence-electron chi connectivity index (χ1n) is 10.2. The number of hydrogen-bond acceptors (Lipinski definition) is 5. The number of carbonyl (C=O) groups is 1. The van der Waals surface area contributed by atoms with Gasteiger partial charge in [0.1, 0.15) is 0 Å². The normalized spacial score (nSPS) is 14.9. The number of aromatic nitrogens is 3. The van der Waals surface area contributed by atoms with Crippen molar-refractivity contribution in [1.82, 2.24) is 20.0 Å². The van der Waals surface area contributed by atoms with Crippen molar-refractivity contribution in [2.24, 2.45) is 0 Å². The van der Waals surface area contributed by atoms with Gasteiger partial charge in [-0.3, -0.25) is 9.78 Å². The first kappa shape index (κ1) is 19.3. The highest BCUT2D eigenvalue weighted by atomic mass is 16.5. The molecule has 2 aromatic heterocycles. The van der Waals surface area contributed by atoms with E-state index in [1.54, 1.807) is 6.92 Å². The number of likely N-dealkylation sites (tertiary alicyclic amines) is 1. The van der Waals surface area contributed by atoms with Gasteiger partial charge in [-0.05, 0) is 43.4 Å². The van der Waals surface area contributed by atoms with E-state index in [1.165, 1.54) is 11.1 Å². The predicted octanol–water partition coefficient (Wildman–Crippen LogP) is 3.70. The molecule has 4 rings (SSSR count). The molecule has 0 aliphatic carbocycles. The molecule has 0 atom stereocenters. The molecule has 1 aliphatic rings. The van der Waals surface area contributed by atoms with Gasteiger partial charge in [-0.1, -0.05) is 41.6 Å². The minimum absolute atomic E-state index is 0.158. The zero-order chi connectivity index (χ0) is 20.1. The zero-order valence-corrected chi connectivity index (χ0v) is 16.8. The Hall–Kier alpha value is -3.02. The second-order valence-electron chi connectivity index (χ2n) is 7.64. The highest BCUT2D eigenvalue weighted by Gasteiger charge is 2.24. The molecule has 6 heteroatoms. The summed E-state index contributed by atoms with van der Waals surface area (Å²) in [5.74, 6) is 1.72. The summed E-state index contributed by atoms with van der Waals surface area (Å²) in [5, 5.41) is 3.76. The fourth-order valence-electron chi connectivity index (χ4n) is 3.85. The largest absolute Gasteiger partial charge is 0.343 e.